The molecule has 3 aromatic rings. The Bertz CT molecular complexity index is 1150. The van der Waals surface area contributed by atoms with E-state index in [0.717, 1.165) is 12.0 Å². The number of ether oxygens (including phenoxy) is 1. The van der Waals surface area contributed by atoms with Crippen molar-refractivity contribution in [1.82, 2.24) is 4.90 Å². The second-order valence-electron chi connectivity index (χ2n) is 8.18. The van der Waals surface area contributed by atoms with Gasteiger partial charge in [0.15, 0.2) is 6.61 Å². The lowest BCUT2D eigenvalue weighted by Gasteiger charge is -2.31. The first-order chi connectivity index (χ1) is 15.1. The molecule has 3 aromatic carbocycles. The summed E-state index contributed by atoms with van der Waals surface area (Å²) in [7, 11) is 0. The molecule has 2 heterocycles. The molecule has 31 heavy (non-hydrogen) atoms. The molecule has 0 unspecified atom stereocenters. The Morgan fingerprint density at radius 3 is 2.58 bits per heavy atom. The highest BCUT2D eigenvalue weighted by Crippen LogP contribution is 2.34. The molecule has 2 aliphatic heterocycles. The van der Waals surface area contributed by atoms with Crippen LogP contribution in [0.4, 0.5) is 5.69 Å². The number of anilines is 1. The van der Waals surface area contributed by atoms with Gasteiger partial charge in [0.2, 0.25) is 0 Å². The maximum Gasteiger partial charge on any atom is 0.265 e. The molecule has 0 bridgehead atoms. The Hall–Kier alpha value is -3.60. The van der Waals surface area contributed by atoms with Crippen molar-refractivity contribution in [1.29, 1.82) is 0 Å². The maximum absolute atomic E-state index is 13.3. The minimum atomic E-state index is -0.107. The van der Waals surface area contributed by atoms with Crippen molar-refractivity contribution in [3.05, 3.63) is 94.5 Å². The van der Waals surface area contributed by atoms with Crippen LogP contribution in [0.2, 0.25) is 0 Å². The van der Waals surface area contributed by atoms with Crippen LogP contribution in [0.3, 0.4) is 0 Å². The number of benzene rings is 3. The van der Waals surface area contributed by atoms with Gasteiger partial charge in [0, 0.05) is 18.7 Å². The van der Waals surface area contributed by atoms with E-state index < -0.39 is 0 Å². The number of fused-ring (bicyclic) bond motifs is 2. The highest BCUT2D eigenvalue weighted by molar-refractivity contribution is 6.01. The number of hydrogen-bond donors (Lipinski definition) is 0. The van der Waals surface area contributed by atoms with Crippen molar-refractivity contribution < 1.29 is 14.3 Å². The molecule has 2 amide bonds. The van der Waals surface area contributed by atoms with Crippen LogP contribution in [-0.2, 0) is 24.3 Å². The number of carbonyl (C=O) groups excluding carboxylic acids is 2. The van der Waals surface area contributed by atoms with E-state index in [1.807, 2.05) is 48.2 Å². The third kappa shape index (κ3) is 3.79. The van der Waals surface area contributed by atoms with Crippen molar-refractivity contribution in [3.63, 3.8) is 0 Å². The molecule has 0 spiro atoms. The molecule has 0 fully saturated rings. The molecule has 0 saturated heterocycles. The lowest BCUT2D eigenvalue weighted by atomic mass is 9.99. The molecular formula is C26H24N2O3. The SMILES string of the molecule is Cc1ccc(CN2C(=O)COc3ccc(C(=O)N4CCc5ccccc5C4)cc32)cc1. The number of amides is 2. The van der Waals surface area contributed by atoms with E-state index in [0.29, 0.717) is 36.6 Å². The molecule has 5 rings (SSSR count). The molecule has 5 nitrogen and oxygen atoms in total. The van der Waals surface area contributed by atoms with Gasteiger partial charge < -0.3 is 14.5 Å². The van der Waals surface area contributed by atoms with Crippen LogP contribution in [0.5, 0.6) is 5.75 Å². The smallest absolute Gasteiger partial charge is 0.265 e. The molecule has 5 heteroatoms. The fraction of sp³-hybridized carbons (Fsp3) is 0.231. The summed E-state index contributed by atoms with van der Waals surface area (Å²) in [6.07, 6.45) is 0.855. The van der Waals surface area contributed by atoms with Crippen molar-refractivity contribution in [2.24, 2.45) is 0 Å². The second kappa shape index (κ2) is 7.91. The number of nitrogens with zero attached hydrogens (tertiary/aromatic N) is 2. The number of aryl methyl sites for hydroxylation is 1. The monoisotopic (exact) mass is 412 g/mol. The van der Waals surface area contributed by atoms with Crippen molar-refractivity contribution in [2.75, 3.05) is 18.1 Å². The molecule has 0 saturated carbocycles. The van der Waals surface area contributed by atoms with E-state index in [1.54, 1.807) is 23.1 Å². The second-order valence-corrected chi connectivity index (χ2v) is 8.18. The molecule has 2 aliphatic rings. The fourth-order valence-electron chi connectivity index (χ4n) is 4.24. The van der Waals surface area contributed by atoms with Crippen LogP contribution >= 0.6 is 0 Å². The molecule has 0 aliphatic carbocycles. The predicted molar refractivity (Wildman–Crippen MR) is 119 cm³/mol. The number of hydrogen-bond acceptors (Lipinski definition) is 3. The summed E-state index contributed by atoms with van der Waals surface area (Å²) in [5.74, 6) is 0.502. The Morgan fingerprint density at radius 1 is 1.00 bits per heavy atom. The third-order valence-corrected chi connectivity index (χ3v) is 6.03. The van der Waals surface area contributed by atoms with E-state index in [1.165, 1.54) is 16.7 Å². The van der Waals surface area contributed by atoms with Gasteiger partial charge in [-0.1, -0.05) is 54.1 Å². The van der Waals surface area contributed by atoms with E-state index in [9.17, 15) is 9.59 Å². The summed E-state index contributed by atoms with van der Waals surface area (Å²) in [4.78, 5) is 29.5. The van der Waals surface area contributed by atoms with Crippen molar-refractivity contribution in [2.45, 2.75) is 26.4 Å². The van der Waals surface area contributed by atoms with Gasteiger partial charge >= 0.3 is 0 Å². The average molecular weight is 412 g/mol. The number of carbonyl (C=O) groups is 2. The Balaban J connectivity index is 1.42. The van der Waals surface area contributed by atoms with E-state index in [-0.39, 0.29) is 18.4 Å². The zero-order chi connectivity index (χ0) is 21.4. The van der Waals surface area contributed by atoms with Gasteiger partial charge in [0.25, 0.3) is 11.8 Å². The highest BCUT2D eigenvalue weighted by atomic mass is 16.5. The van der Waals surface area contributed by atoms with Gasteiger partial charge in [-0.15, -0.1) is 0 Å². The fourth-order valence-corrected chi connectivity index (χ4v) is 4.24. The average Bonchev–Trinajstić information content (AvgIpc) is 2.81. The van der Waals surface area contributed by atoms with Crippen LogP contribution in [0.1, 0.15) is 32.6 Å². The van der Waals surface area contributed by atoms with Gasteiger partial charge in [-0.3, -0.25) is 9.59 Å². The van der Waals surface area contributed by atoms with Gasteiger partial charge in [-0.2, -0.15) is 0 Å². The summed E-state index contributed by atoms with van der Waals surface area (Å²) in [6.45, 7) is 3.79. The summed E-state index contributed by atoms with van der Waals surface area (Å²) >= 11 is 0. The Labute approximate surface area is 181 Å². The minimum absolute atomic E-state index is 0.00899. The lowest BCUT2D eigenvalue weighted by Crippen LogP contribution is -2.39. The molecular weight excluding hydrogens is 388 g/mol. The largest absolute Gasteiger partial charge is 0.482 e. The first kappa shape index (κ1) is 19.4. The van der Waals surface area contributed by atoms with Gasteiger partial charge in [0.1, 0.15) is 5.75 Å². The van der Waals surface area contributed by atoms with Crippen molar-refractivity contribution >= 4 is 17.5 Å². The van der Waals surface area contributed by atoms with Crippen LogP contribution in [-0.4, -0.2) is 29.9 Å². The maximum atomic E-state index is 13.3. The molecule has 156 valence electrons. The van der Waals surface area contributed by atoms with Gasteiger partial charge in [0.05, 0.1) is 12.2 Å². The van der Waals surface area contributed by atoms with Crippen LogP contribution in [0.15, 0.2) is 66.7 Å². The summed E-state index contributed by atoms with van der Waals surface area (Å²) < 4.78 is 5.63. The summed E-state index contributed by atoms with van der Waals surface area (Å²) in [5, 5.41) is 0. The van der Waals surface area contributed by atoms with E-state index >= 15 is 0 Å². The molecule has 0 atom stereocenters. The molecule has 0 N–H and O–H groups in total. The zero-order valence-corrected chi connectivity index (χ0v) is 17.5. The van der Waals surface area contributed by atoms with Gasteiger partial charge in [-0.05, 0) is 48.2 Å². The topological polar surface area (TPSA) is 49.9 Å². The molecule has 0 radical (unpaired) electrons. The molecule has 0 aromatic heterocycles. The summed E-state index contributed by atoms with van der Waals surface area (Å²) in [6, 6.07) is 21.8. The summed E-state index contributed by atoms with van der Waals surface area (Å²) in [5.41, 5.74) is 5.94. The van der Waals surface area contributed by atoms with E-state index in [2.05, 4.69) is 12.1 Å². The minimum Gasteiger partial charge on any atom is -0.482 e. The Kier molecular flexibility index (Phi) is 4.94. The quantitative estimate of drug-likeness (QED) is 0.650. The predicted octanol–water partition coefficient (Wildman–Crippen LogP) is 4.12. The standard InChI is InChI=1S/C26H24N2O3/c1-18-6-8-19(9-7-18)15-28-23-14-21(10-11-24(23)31-17-25(28)29)26(30)27-13-12-20-4-2-3-5-22(20)16-27/h2-11,14H,12-13,15-17H2,1H3. The third-order valence-electron chi connectivity index (χ3n) is 6.03. The van der Waals surface area contributed by atoms with Crippen LogP contribution in [0.25, 0.3) is 0 Å². The van der Waals surface area contributed by atoms with Gasteiger partial charge in [-0.25, -0.2) is 0 Å². The van der Waals surface area contributed by atoms with E-state index in [4.69, 9.17) is 4.74 Å². The first-order valence-corrected chi connectivity index (χ1v) is 10.6. The van der Waals surface area contributed by atoms with Crippen molar-refractivity contribution in [3.8, 4) is 5.75 Å². The zero-order valence-electron chi connectivity index (χ0n) is 17.5. The normalized spacial score (nSPS) is 15.2. The highest BCUT2D eigenvalue weighted by Gasteiger charge is 2.28. The first-order valence-electron chi connectivity index (χ1n) is 10.6. The van der Waals surface area contributed by atoms with Crippen LogP contribution < -0.4 is 9.64 Å². The number of rotatable bonds is 3. The van der Waals surface area contributed by atoms with Crippen LogP contribution in [0, 0.1) is 6.92 Å². The lowest BCUT2D eigenvalue weighted by molar-refractivity contribution is -0.121. The Morgan fingerprint density at radius 2 is 1.77 bits per heavy atom.